The van der Waals surface area contributed by atoms with E-state index in [-0.39, 0.29) is 11.9 Å². The van der Waals surface area contributed by atoms with Crippen molar-refractivity contribution in [3.63, 3.8) is 0 Å². The minimum Gasteiger partial charge on any atom is -0.339 e. The molecule has 2 N–H and O–H groups in total. The Hall–Kier alpha value is -3.44. The lowest BCUT2D eigenvalue weighted by molar-refractivity contribution is 0.0715. The van der Waals surface area contributed by atoms with Crippen LogP contribution < -0.4 is 5.73 Å². The number of piperidine rings is 1. The van der Waals surface area contributed by atoms with Crippen molar-refractivity contribution < 1.29 is 4.79 Å². The monoisotopic (exact) mass is 470 g/mol. The molecule has 1 aliphatic rings. The maximum absolute atomic E-state index is 12.8. The van der Waals surface area contributed by atoms with Gasteiger partial charge in [-0.1, -0.05) is 69.7 Å². The zero-order chi connectivity index (χ0) is 25.4. The fraction of sp³-hybridized carbons (Fsp3) is 0.333. The number of imidazole rings is 1. The van der Waals surface area contributed by atoms with Gasteiger partial charge in [0.1, 0.15) is 5.65 Å². The van der Waals surface area contributed by atoms with E-state index in [0.29, 0.717) is 0 Å². The highest BCUT2D eigenvalue weighted by molar-refractivity contribution is 5.94. The third kappa shape index (κ3) is 5.98. The Balaban J connectivity index is 0.000000815. The molecule has 0 aliphatic carbocycles. The molecule has 0 saturated carbocycles. The smallest absolute Gasteiger partial charge is 0.253 e. The predicted octanol–water partition coefficient (Wildman–Crippen LogP) is 6.59. The molecule has 0 radical (unpaired) electrons. The molecule has 1 fully saturated rings. The SMILES string of the molecule is CC.CC.Cc1ccc(-c2cnc3ccc(-c4ccc(C(=O)N5CCC(N)CC5)cc4)cn23)cc1. The summed E-state index contributed by atoms with van der Waals surface area (Å²) in [5.74, 6) is 0.0881. The number of aromatic nitrogens is 2. The van der Waals surface area contributed by atoms with E-state index >= 15 is 0 Å². The van der Waals surface area contributed by atoms with Gasteiger partial charge in [0.15, 0.2) is 0 Å². The van der Waals surface area contributed by atoms with E-state index in [2.05, 4.69) is 52.8 Å². The van der Waals surface area contributed by atoms with Crippen LogP contribution >= 0.6 is 0 Å². The molecule has 0 spiro atoms. The Labute approximate surface area is 209 Å². The number of hydrogen-bond acceptors (Lipinski definition) is 3. The average Bonchev–Trinajstić information content (AvgIpc) is 3.35. The summed E-state index contributed by atoms with van der Waals surface area (Å²) in [5, 5.41) is 0. The fourth-order valence-electron chi connectivity index (χ4n) is 4.18. The highest BCUT2D eigenvalue weighted by Crippen LogP contribution is 2.26. The number of aryl methyl sites for hydroxylation is 1. The Bertz CT molecular complexity index is 1220. The number of rotatable bonds is 3. The largest absolute Gasteiger partial charge is 0.339 e. The van der Waals surface area contributed by atoms with Crippen LogP contribution in [0, 0.1) is 6.92 Å². The minimum absolute atomic E-state index is 0.0881. The van der Waals surface area contributed by atoms with E-state index < -0.39 is 0 Å². The van der Waals surface area contributed by atoms with Crippen LogP contribution in [0.15, 0.2) is 73.1 Å². The fourth-order valence-corrected chi connectivity index (χ4v) is 4.18. The average molecular weight is 471 g/mol. The van der Waals surface area contributed by atoms with E-state index in [4.69, 9.17) is 5.73 Å². The molecule has 0 atom stereocenters. The van der Waals surface area contributed by atoms with Gasteiger partial charge in [-0.15, -0.1) is 0 Å². The number of carbonyl (C=O) groups excluding carboxylic acids is 1. The van der Waals surface area contributed by atoms with Crippen LogP contribution in [0.2, 0.25) is 0 Å². The summed E-state index contributed by atoms with van der Waals surface area (Å²) in [6, 6.07) is 20.7. The van der Waals surface area contributed by atoms with Crippen LogP contribution in [0.25, 0.3) is 28.0 Å². The van der Waals surface area contributed by atoms with Gasteiger partial charge >= 0.3 is 0 Å². The molecule has 184 valence electrons. The second-order valence-electron chi connectivity index (χ2n) is 8.36. The van der Waals surface area contributed by atoms with Crippen molar-refractivity contribution in [2.45, 2.75) is 53.5 Å². The van der Waals surface area contributed by atoms with E-state index in [1.54, 1.807) is 0 Å². The summed E-state index contributed by atoms with van der Waals surface area (Å²) in [4.78, 5) is 19.2. The Morgan fingerprint density at radius 2 is 1.40 bits per heavy atom. The first kappa shape index (κ1) is 26.2. The molecule has 4 aromatic rings. The van der Waals surface area contributed by atoms with Gasteiger partial charge in [0, 0.05) is 36.5 Å². The maximum atomic E-state index is 12.8. The topological polar surface area (TPSA) is 63.6 Å². The molecular formula is C30H38N4O. The highest BCUT2D eigenvalue weighted by Gasteiger charge is 2.21. The molecule has 2 aromatic carbocycles. The summed E-state index contributed by atoms with van der Waals surface area (Å²) in [6.07, 6.45) is 5.77. The number of likely N-dealkylation sites (tertiary alicyclic amines) is 1. The number of nitrogens with zero attached hydrogens (tertiary/aromatic N) is 3. The van der Waals surface area contributed by atoms with Crippen LogP contribution in [0.3, 0.4) is 0 Å². The quantitative estimate of drug-likeness (QED) is 0.367. The summed E-state index contributed by atoms with van der Waals surface area (Å²) >= 11 is 0. The van der Waals surface area contributed by atoms with Gasteiger partial charge in [-0.25, -0.2) is 4.98 Å². The van der Waals surface area contributed by atoms with E-state index in [1.807, 2.05) is 69.1 Å². The van der Waals surface area contributed by atoms with E-state index in [9.17, 15) is 4.79 Å². The Morgan fingerprint density at radius 3 is 2.03 bits per heavy atom. The van der Waals surface area contributed by atoms with Crippen molar-refractivity contribution in [1.82, 2.24) is 14.3 Å². The first-order chi connectivity index (χ1) is 17.1. The molecule has 1 amide bonds. The van der Waals surface area contributed by atoms with Crippen LogP contribution in [0.5, 0.6) is 0 Å². The number of amides is 1. The lowest BCUT2D eigenvalue weighted by atomic mass is 10.0. The molecule has 3 heterocycles. The van der Waals surface area contributed by atoms with Gasteiger partial charge in [0.25, 0.3) is 5.91 Å². The number of nitrogens with two attached hydrogens (primary N) is 1. The Morgan fingerprint density at radius 1 is 0.829 bits per heavy atom. The zero-order valence-electron chi connectivity index (χ0n) is 21.7. The van der Waals surface area contributed by atoms with Crippen molar-refractivity contribution >= 4 is 11.6 Å². The molecule has 5 nitrogen and oxygen atoms in total. The second kappa shape index (κ2) is 12.3. The number of fused-ring (bicyclic) bond motifs is 1. The van der Waals surface area contributed by atoms with Gasteiger partial charge in [0.2, 0.25) is 0 Å². The van der Waals surface area contributed by atoms with Gasteiger partial charge in [-0.05, 0) is 55.2 Å². The summed E-state index contributed by atoms with van der Waals surface area (Å²) in [5.41, 5.74) is 13.2. The molecule has 0 unspecified atom stereocenters. The molecule has 5 rings (SSSR count). The Kier molecular flexibility index (Phi) is 9.21. The molecule has 5 heteroatoms. The molecule has 1 saturated heterocycles. The standard InChI is InChI=1S/C26H26N4O.2C2H6/c1-18-2-4-20(5-3-18)24-16-28-25-11-10-22(17-30(24)25)19-6-8-21(9-7-19)26(31)29-14-12-23(27)13-15-29;2*1-2/h2-11,16-17,23H,12-15,27H2,1H3;2*1-2H3. The van der Waals surface area contributed by atoms with Crippen LogP contribution in [0.4, 0.5) is 0 Å². The number of hydrogen-bond donors (Lipinski definition) is 1. The lowest BCUT2D eigenvalue weighted by Crippen LogP contribution is -2.42. The van der Waals surface area contributed by atoms with Crippen LogP contribution in [0.1, 0.15) is 56.5 Å². The first-order valence-electron chi connectivity index (χ1n) is 12.8. The summed E-state index contributed by atoms with van der Waals surface area (Å²) < 4.78 is 2.12. The second-order valence-corrected chi connectivity index (χ2v) is 8.36. The predicted molar refractivity (Wildman–Crippen MR) is 147 cm³/mol. The molecule has 1 aliphatic heterocycles. The summed E-state index contributed by atoms with van der Waals surface area (Å²) in [7, 11) is 0. The van der Waals surface area contributed by atoms with E-state index in [0.717, 1.165) is 59.5 Å². The van der Waals surface area contributed by atoms with Gasteiger partial charge in [0.05, 0.1) is 11.9 Å². The van der Waals surface area contributed by atoms with Gasteiger partial charge < -0.3 is 10.6 Å². The van der Waals surface area contributed by atoms with Crippen molar-refractivity contribution in [2.24, 2.45) is 5.73 Å². The molecular weight excluding hydrogens is 432 g/mol. The van der Waals surface area contributed by atoms with Crippen LogP contribution in [-0.2, 0) is 0 Å². The molecule has 0 bridgehead atoms. The van der Waals surface area contributed by atoms with Gasteiger partial charge in [-0.2, -0.15) is 0 Å². The number of pyridine rings is 1. The van der Waals surface area contributed by atoms with E-state index in [1.165, 1.54) is 5.56 Å². The summed E-state index contributed by atoms with van der Waals surface area (Å²) in [6.45, 7) is 11.6. The first-order valence-corrected chi connectivity index (χ1v) is 12.8. The van der Waals surface area contributed by atoms with Gasteiger partial charge in [-0.3, -0.25) is 9.20 Å². The maximum Gasteiger partial charge on any atom is 0.253 e. The number of benzene rings is 2. The minimum atomic E-state index is 0.0881. The van der Waals surface area contributed by atoms with Crippen molar-refractivity contribution in [3.05, 3.63) is 84.2 Å². The normalized spacial score (nSPS) is 13.5. The highest BCUT2D eigenvalue weighted by atomic mass is 16.2. The lowest BCUT2D eigenvalue weighted by Gasteiger charge is -2.30. The molecule has 2 aromatic heterocycles. The van der Waals surface area contributed by atoms with Crippen LogP contribution in [-0.4, -0.2) is 39.3 Å². The van der Waals surface area contributed by atoms with Crippen molar-refractivity contribution in [3.8, 4) is 22.4 Å². The zero-order valence-corrected chi connectivity index (χ0v) is 21.7. The third-order valence-corrected chi connectivity index (χ3v) is 6.14. The molecule has 35 heavy (non-hydrogen) atoms. The third-order valence-electron chi connectivity index (χ3n) is 6.14. The van der Waals surface area contributed by atoms with Crippen molar-refractivity contribution in [1.29, 1.82) is 0 Å². The van der Waals surface area contributed by atoms with Crippen molar-refractivity contribution in [2.75, 3.05) is 13.1 Å². The number of carbonyl (C=O) groups is 1.